The molecule has 1 rings (SSSR count). The van der Waals surface area contributed by atoms with Crippen molar-refractivity contribution in [3.63, 3.8) is 0 Å². The number of carbonyl (C=O) groups excluding carboxylic acids is 1. The molecule has 0 spiro atoms. The summed E-state index contributed by atoms with van der Waals surface area (Å²) in [6, 6.07) is 4.87. The van der Waals surface area contributed by atoms with E-state index in [2.05, 4.69) is 18.7 Å². The highest BCUT2D eigenvalue weighted by atomic mass is 16.5. The Kier molecular flexibility index (Phi) is 6.15. The van der Waals surface area contributed by atoms with Gasteiger partial charge in [-0.2, -0.15) is 0 Å². The lowest BCUT2D eigenvalue weighted by Crippen LogP contribution is -2.27. The molecule has 1 aromatic carbocycles. The van der Waals surface area contributed by atoms with Crippen molar-refractivity contribution in [2.45, 2.75) is 13.8 Å². The lowest BCUT2D eigenvalue weighted by Gasteiger charge is -2.17. The van der Waals surface area contributed by atoms with E-state index in [1.807, 2.05) is 0 Å². The van der Waals surface area contributed by atoms with Gasteiger partial charge in [-0.3, -0.25) is 0 Å². The van der Waals surface area contributed by atoms with Crippen molar-refractivity contribution in [3.8, 4) is 5.75 Å². The van der Waals surface area contributed by atoms with Crippen molar-refractivity contribution >= 4 is 11.7 Å². The Labute approximate surface area is 114 Å². The third-order valence-corrected chi connectivity index (χ3v) is 3.00. The summed E-state index contributed by atoms with van der Waals surface area (Å²) in [6.45, 7) is 7.18. The van der Waals surface area contributed by atoms with Crippen LogP contribution in [0.15, 0.2) is 18.2 Å². The van der Waals surface area contributed by atoms with Gasteiger partial charge in [0.25, 0.3) is 0 Å². The molecular weight excluding hydrogens is 244 g/mol. The van der Waals surface area contributed by atoms with Gasteiger partial charge in [0.05, 0.1) is 18.4 Å². The fraction of sp³-hybridized carbons (Fsp3) is 0.500. The molecule has 0 fully saturated rings. The van der Waals surface area contributed by atoms with Crippen LogP contribution in [0.5, 0.6) is 5.75 Å². The van der Waals surface area contributed by atoms with Crippen molar-refractivity contribution in [1.29, 1.82) is 0 Å². The Bertz CT molecular complexity index is 417. The van der Waals surface area contributed by atoms with Crippen LogP contribution in [-0.2, 0) is 4.74 Å². The fourth-order valence-electron chi connectivity index (χ4n) is 1.73. The van der Waals surface area contributed by atoms with Crippen molar-refractivity contribution < 1.29 is 14.3 Å². The number of hydrogen-bond acceptors (Lipinski definition) is 5. The number of nitrogen functional groups attached to an aromatic ring is 1. The van der Waals surface area contributed by atoms with Gasteiger partial charge in [0, 0.05) is 6.54 Å². The highest BCUT2D eigenvalue weighted by Crippen LogP contribution is 2.22. The van der Waals surface area contributed by atoms with E-state index in [9.17, 15) is 4.79 Å². The standard InChI is InChI=1S/C14H22N2O3/c1-4-16(5-2)8-9-19-14(17)11-6-7-12(15)13(10-11)18-3/h6-7,10H,4-5,8-9,15H2,1-3H3. The zero-order valence-electron chi connectivity index (χ0n) is 11.8. The maximum Gasteiger partial charge on any atom is 0.338 e. The lowest BCUT2D eigenvalue weighted by molar-refractivity contribution is 0.0466. The smallest absolute Gasteiger partial charge is 0.338 e. The van der Waals surface area contributed by atoms with Crippen molar-refractivity contribution in [2.24, 2.45) is 0 Å². The minimum atomic E-state index is -0.356. The zero-order chi connectivity index (χ0) is 14.3. The molecule has 106 valence electrons. The molecule has 1 aromatic rings. The Balaban J connectivity index is 2.54. The van der Waals surface area contributed by atoms with Gasteiger partial charge in [-0.25, -0.2) is 4.79 Å². The number of rotatable bonds is 7. The number of nitrogens with two attached hydrogens (primary N) is 1. The molecular formula is C14H22N2O3. The molecule has 0 aromatic heterocycles. The van der Waals surface area contributed by atoms with Crippen LogP contribution in [-0.4, -0.2) is 44.2 Å². The van der Waals surface area contributed by atoms with Gasteiger partial charge in [0.1, 0.15) is 12.4 Å². The molecule has 0 aliphatic carbocycles. The highest BCUT2D eigenvalue weighted by Gasteiger charge is 2.10. The second-order valence-corrected chi connectivity index (χ2v) is 4.12. The van der Waals surface area contributed by atoms with Gasteiger partial charge in [0.2, 0.25) is 0 Å². The quantitative estimate of drug-likeness (QED) is 0.602. The maximum atomic E-state index is 11.8. The summed E-state index contributed by atoms with van der Waals surface area (Å²) in [6.07, 6.45) is 0. The predicted molar refractivity (Wildman–Crippen MR) is 75.5 cm³/mol. The van der Waals surface area contributed by atoms with Crippen molar-refractivity contribution in [1.82, 2.24) is 4.90 Å². The normalized spacial score (nSPS) is 10.5. The summed E-state index contributed by atoms with van der Waals surface area (Å²) in [5.74, 6) is 0.128. The van der Waals surface area contributed by atoms with Crippen molar-refractivity contribution in [2.75, 3.05) is 39.1 Å². The molecule has 0 aliphatic rings. The number of ether oxygens (including phenoxy) is 2. The average Bonchev–Trinajstić information content (AvgIpc) is 2.44. The number of nitrogens with zero attached hydrogens (tertiary/aromatic N) is 1. The first-order valence-corrected chi connectivity index (χ1v) is 6.45. The van der Waals surface area contributed by atoms with Gasteiger partial charge in [-0.05, 0) is 31.3 Å². The number of methoxy groups -OCH3 is 1. The van der Waals surface area contributed by atoms with E-state index in [-0.39, 0.29) is 5.97 Å². The largest absolute Gasteiger partial charge is 0.495 e. The summed E-state index contributed by atoms with van der Waals surface area (Å²) in [4.78, 5) is 14.0. The number of likely N-dealkylation sites (N-methyl/N-ethyl adjacent to an activating group) is 1. The highest BCUT2D eigenvalue weighted by molar-refractivity contribution is 5.90. The summed E-state index contributed by atoms with van der Waals surface area (Å²) >= 11 is 0. The molecule has 0 saturated carbocycles. The molecule has 0 radical (unpaired) electrons. The van der Waals surface area contributed by atoms with Crippen LogP contribution in [0, 0.1) is 0 Å². The molecule has 2 N–H and O–H groups in total. The summed E-state index contributed by atoms with van der Waals surface area (Å²) in [5.41, 5.74) is 6.64. The summed E-state index contributed by atoms with van der Waals surface area (Å²) in [7, 11) is 1.52. The molecule has 5 nitrogen and oxygen atoms in total. The lowest BCUT2D eigenvalue weighted by atomic mass is 10.2. The summed E-state index contributed by atoms with van der Waals surface area (Å²) < 4.78 is 10.3. The van der Waals surface area contributed by atoms with Crippen LogP contribution in [0.2, 0.25) is 0 Å². The van der Waals surface area contributed by atoms with E-state index in [0.717, 1.165) is 19.6 Å². The Morgan fingerprint density at radius 1 is 1.32 bits per heavy atom. The monoisotopic (exact) mass is 266 g/mol. The van der Waals surface area contributed by atoms with E-state index < -0.39 is 0 Å². The second kappa shape index (κ2) is 7.63. The van der Waals surface area contributed by atoms with Gasteiger partial charge in [0.15, 0.2) is 0 Å². The molecule has 5 heteroatoms. The summed E-state index contributed by atoms with van der Waals surface area (Å²) in [5, 5.41) is 0. The topological polar surface area (TPSA) is 64.8 Å². The van der Waals surface area contributed by atoms with E-state index in [1.165, 1.54) is 7.11 Å². The minimum Gasteiger partial charge on any atom is -0.495 e. The van der Waals surface area contributed by atoms with Gasteiger partial charge in [-0.1, -0.05) is 13.8 Å². The number of hydrogen-bond donors (Lipinski definition) is 1. The Morgan fingerprint density at radius 2 is 2.00 bits per heavy atom. The SMILES string of the molecule is CCN(CC)CCOC(=O)c1ccc(N)c(OC)c1. The van der Waals surface area contributed by atoms with Crippen LogP contribution in [0.25, 0.3) is 0 Å². The molecule has 0 atom stereocenters. The zero-order valence-corrected chi connectivity index (χ0v) is 11.8. The molecule has 0 amide bonds. The van der Waals surface area contributed by atoms with Crippen LogP contribution in [0.4, 0.5) is 5.69 Å². The molecule has 0 heterocycles. The minimum absolute atomic E-state index is 0.356. The van der Waals surface area contributed by atoms with Gasteiger partial charge >= 0.3 is 5.97 Å². The van der Waals surface area contributed by atoms with E-state index in [1.54, 1.807) is 18.2 Å². The van der Waals surface area contributed by atoms with Crippen LogP contribution >= 0.6 is 0 Å². The molecule has 0 bridgehead atoms. The Hall–Kier alpha value is -1.75. The molecule has 19 heavy (non-hydrogen) atoms. The first-order chi connectivity index (χ1) is 9.12. The third-order valence-electron chi connectivity index (χ3n) is 3.00. The molecule has 0 aliphatic heterocycles. The van der Waals surface area contributed by atoms with Crippen LogP contribution in [0.1, 0.15) is 24.2 Å². The number of esters is 1. The number of benzene rings is 1. The first-order valence-electron chi connectivity index (χ1n) is 6.45. The van der Waals surface area contributed by atoms with E-state index >= 15 is 0 Å². The average molecular weight is 266 g/mol. The number of anilines is 1. The van der Waals surface area contributed by atoms with Gasteiger partial charge in [-0.15, -0.1) is 0 Å². The molecule has 0 unspecified atom stereocenters. The fourth-order valence-corrected chi connectivity index (χ4v) is 1.73. The predicted octanol–water partition coefficient (Wildman–Crippen LogP) is 1.78. The van der Waals surface area contributed by atoms with E-state index in [0.29, 0.717) is 23.6 Å². The first kappa shape index (κ1) is 15.3. The van der Waals surface area contributed by atoms with Crippen LogP contribution in [0.3, 0.4) is 0 Å². The van der Waals surface area contributed by atoms with E-state index in [4.69, 9.17) is 15.2 Å². The van der Waals surface area contributed by atoms with Crippen molar-refractivity contribution in [3.05, 3.63) is 23.8 Å². The van der Waals surface area contributed by atoms with Crippen LogP contribution < -0.4 is 10.5 Å². The third kappa shape index (κ3) is 4.44. The van der Waals surface area contributed by atoms with Gasteiger partial charge < -0.3 is 20.1 Å². The Morgan fingerprint density at radius 3 is 2.58 bits per heavy atom. The maximum absolute atomic E-state index is 11.8. The number of carbonyl (C=O) groups is 1. The second-order valence-electron chi connectivity index (χ2n) is 4.12. The molecule has 0 saturated heterocycles.